The second-order valence-corrected chi connectivity index (χ2v) is 8.42. The van der Waals surface area contributed by atoms with Gasteiger partial charge in [0.05, 0.1) is 6.54 Å². The number of amides is 1. The van der Waals surface area contributed by atoms with Crippen LogP contribution in [0.3, 0.4) is 0 Å². The maximum Gasteiger partial charge on any atom is 0.225 e. The number of rotatable bonds is 8. The average molecular weight is 416 g/mol. The molecule has 7 nitrogen and oxygen atoms in total. The van der Waals surface area contributed by atoms with E-state index < -0.39 is 0 Å². The van der Waals surface area contributed by atoms with E-state index in [1.165, 1.54) is 12.0 Å². The molecule has 1 aromatic rings. The summed E-state index contributed by atoms with van der Waals surface area (Å²) >= 11 is 0. The van der Waals surface area contributed by atoms with Gasteiger partial charge in [-0.05, 0) is 44.4 Å². The number of nitrogens with one attached hydrogen (secondary N) is 2. The van der Waals surface area contributed by atoms with E-state index in [2.05, 4.69) is 38.4 Å². The number of carbonyl (C=O) groups excluding carboxylic acids is 1. The normalized spacial score (nSPS) is 19.2. The third kappa shape index (κ3) is 6.62. The van der Waals surface area contributed by atoms with Gasteiger partial charge in [-0.15, -0.1) is 0 Å². The SMILES string of the molecule is CN=C(NCCN1CCN(C(=O)C2CCC2)CC1)NCC(C)Oc1cccc(C)c1. The molecule has 1 amide bonds. The van der Waals surface area contributed by atoms with Gasteiger partial charge in [0.2, 0.25) is 5.91 Å². The molecule has 0 bridgehead atoms. The molecule has 1 saturated heterocycles. The minimum atomic E-state index is 0.0339. The van der Waals surface area contributed by atoms with Crippen molar-refractivity contribution < 1.29 is 9.53 Å². The molecule has 1 unspecified atom stereocenters. The van der Waals surface area contributed by atoms with Crippen LogP contribution in [-0.4, -0.2) is 80.6 Å². The van der Waals surface area contributed by atoms with Crippen molar-refractivity contribution >= 4 is 11.9 Å². The second-order valence-electron chi connectivity index (χ2n) is 8.42. The van der Waals surface area contributed by atoms with Crippen LogP contribution in [0.2, 0.25) is 0 Å². The van der Waals surface area contributed by atoms with Gasteiger partial charge >= 0.3 is 0 Å². The van der Waals surface area contributed by atoms with Crippen LogP contribution < -0.4 is 15.4 Å². The first-order valence-electron chi connectivity index (χ1n) is 11.2. The summed E-state index contributed by atoms with van der Waals surface area (Å²) in [6.45, 7) is 10.2. The summed E-state index contributed by atoms with van der Waals surface area (Å²) in [4.78, 5) is 21.1. The van der Waals surface area contributed by atoms with Crippen LogP contribution in [0.5, 0.6) is 5.75 Å². The highest BCUT2D eigenvalue weighted by Gasteiger charge is 2.30. The Kier molecular flexibility index (Phi) is 8.37. The summed E-state index contributed by atoms with van der Waals surface area (Å²) in [5.41, 5.74) is 1.19. The van der Waals surface area contributed by atoms with Crippen LogP contribution in [0.1, 0.15) is 31.7 Å². The smallest absolute Gasteiger partial charge is 0.225 e. The number of guanidine groups is 1. The highest BCUT2D eigenvalue weighted by Crippen LogP contribution is 2.28. The van der Waals surface area contributed by atoms with E-state index >= 15 is 0 Å². The maximum atomic E-state index is 12.3. The molecule has 2 aliphatic rings. The first-order chi connectivity index (χ1) is 14.5. The van der Waals surface area contributed by atoms with E-state index in [1.807, 2.05) is 25.1 Å². The number of nitrogens with zero attached hydrogens (tertiary/aromatic N) is 3. The van der Waals surface area contributed by atoms with Crippen LogP contribution in [0.4, 0.5) is 0 Å². The number of carbonyl (C=O) groups is 1. The molecule has 3 rings (SSSR count). The molecule has 2 fully saturated rings. The number of benzene rings is 1. The van der Waals surface area contributed by atoms with E-state index in [-0.39, 0.29) is 6.10 Å². The molecule has 0 spiro atoms. The van der Waals surface area contributed by atoms with Gasteiger partial charge in [-0.1, -0.05) is 18.6 Å². The van der Waals surface area contributed by atoms with E-state index in [4.69, 9.17) is 4.74 Å². The average Bonchev–Trinajstić information content (AvgIpc) is 2.69. The molecular weight excluding hydrogens is 378 g/mol. The zero-order chi connectivity index (χ0) is 21.3. The van der Waals surface area contributed by atoms with Crippen LogP contribution in [0.25, 0.3) is 0 Å². The quantitative estimate of drug-likeness (QED) is 0.501. The van der Waals surface area contributed by atoms with Gasteiger partial charge in [0.1, 0.15) is 11.9 Å². The van der Waals surface area contributed by atoms with Gasteiger partial charge in [-0.25, -0.2) is 0 Å². The lowest BCUT2D eigenvalue weighted by atomic mass is 9.84. The highest BCUT2D eigenvalue weighted by atomic mass is 16.5. The van der Waals surface area contributed by atoms with Crippen LogP contribution in [-0.2, 0) is 4.79 Å². The summed E-state index contributed by atoms with van der Waals surface area (Å²) in [5.74, 6) is 2.37. The van der Waals surface area contributed by atoms with E-state index in [0.717, 1.165) is 63.8 Å². The Morgan fingerprint density at radius 1 is 1.23 bits per heavy atom. The van der Waals surface area contributed by atoms with Gasteiger partial charge in [-0.3, -0.25) is 14.7 Å². The lowest BCUT2D eigenvalue weighted by Gasteiger charge is -2.38. The number of hydrogen-bond acceptors (Lipinski definition) is 4. The molecule has 2 N–H and O–H groups in total. The lowest BCUT2D eigenvalue weighted by molar-refractivity contribution is -0.139. The van der Waals surface area contributed by atoms with Gasteiger partial charge in [0, 0.05) is 52.2 Å². The molecular formula is C23H37N5O2. The lowest BCUT2D eigenvalue weighted by Crippen LogP contribution is -2.52. The molecule has 30 heavy (non-hydrogen) atoms. The third-order valence-electron chi connectivity index (χ3n) is 5.97. The minimum Gasteiger partial charge on any atom is -0.489 e. The highest BCUT2D eigenvalue weighted by molar-refractivity contribution is 5.80. The Hall–Kier alpha value is -2.28. The molecule has 1 aromatic carbocycles. The minimum absolute atomic E-state index is 0.0339. The number of hydrogen-bond donors (Lipinski definition) is 2. The van der Waals surface area contributed by atoms with Crippen LogP contribution >= 0.6 is 0 Å². The van der Waals surface area contributed by atoms with Crippen LogP contribution in [0.15, 0.2) is 29.3 Å². The number of piperazine rings is 1. The van der Waals surface area contributed by atoms with Gasteiger partial charge < -0.3 is 20.3 Å². The first kappa shape index (κ1) is 22.4. The molecule has 1 aliphatic carbocycles. The third-order valence-corrected chi connectivity index (χ3v) is 5.97. The Morgan fingerprint density at radius 2 is 2.00 bits per heavy atom. The predicted molar refractivity (Wildman–Crippen MR) is 121 cm³/mol. The predicted octanol–water partition coefficient (Wildman–Crippen LogP) is 1.87. The Labute approximate surface area is 180 Å². The summed E-state index contributed by atoms with van der Waals surface area (Å²) in [7, 11) is 1.78. The monoisotopic (exact) mass is 415 g/mol. The fourth-order valence-corrected chi connectivity index (χ4v) is 3.86. The molecule has 1 atom stereocenters. The van der Waals surface area contributed by atoms with Gasteiger partial charge in [0.15, 0.2) is 5.96 Å². The Morgan fingerprint density at radius 3 is 2.63 bits per heavy atom. The molecule has 1 aliphatic heterocycles. The zero-order valence-electron chi connectivity index (χ0n) is 18.7. The van der Waals surface area contributed by atoms with Crippen molar-refractivity contribution in [2.75, 3.05) is 52.9 Å². The first-order valence-corrected chi connectivity index (χ1v) is 11.2. The second kappa shape index (κ2) is 11.2. The maximum absolute atomic E-state index is 12.3. The Bertz CT molecular complexity index is 711. The Balaban J connectivity index is 1.29. The molecule has 7 heteroatoms. The zero-order valence-corrected chi connectivity index (χ0v) is 18.7. The molecule has 1 saturated carbocycles. The molecule has 0 radical (unpaired) electrons. The van der Waals surface area contributed by atoms with Gasteiger partial charge in [-0.2, -0.15) is 0 Å². The van der Waals surface area contributed by atoms with E-state index in [9.17, 15) is 4.79 Å². The number of ether oxygens (including phenoxy) is 1. The summed E-state index contributed by atoms with van der Waals surface area (Å²) in [6, 6.07) is 8.10. The number of aliphatic imine (C=N–C) groups is 1. The van der Waals surface area contributed by atoms with Gasteiger partial charge in [0.25, 0.3) is 0 Å². The standard InChI is InChI=1S/C23H37N5O2/c1-18-6-4-9-21(16-18)30-19(2)17-26-23(24-3)25-10-11-27-12-14-28(15-13-27)22(29)20-7-5-8-20/h4,6,9,16,19-20H,5,7-8,10-15,17H2,1-3H3,(H2,24,25,26). The fraction of sp³-hybridized carbons (Fsp3) is 0.652. The summed E-state index contributed by atoms with van der Waals surface area (Å²) in [5, 5.41) is 6.71. The van der Waals surface area contributed by atoms with Crippen molar-refractivity contribution in [3.05, 3.63) is 29.8 Å². The van der Waals surface area contributed by atoms with Crippen LogP contribution in [0, 0.1) is 12.8 Å². The van der Waals surface area contributed by atoms with E-state index in [0.29, 0.717) is 18.4 Å². The van der Waals surface area contributed by atoms with E-state index in [1.54, 1.807) is 7.05 Å². The van der Waals surface area contributed by atoms with Crippen molar-refractivity contribution in [1.82, 2.24) is 20.4 Å². The molecule has 0 aromatic heterocycles. The topological polar surface area (TPSA) is 69.2 Å². The summed E-state index contributed by atoms with van der Waals surface area (Å²) in [6.07, 6.45) is 3.42. The van der Waals surface area contributed by atoms with Crippen molar-refractivity contribution in [2.24, 2.45) is 10.9 Å². The van der Waals surface area contributed by atoms with Crippen molar-refractivity contribution in [2.45, 2.75) is 39.2 Å². The molecule has 1 heterocycles. The van der Waals surface area contributed by atoms with Crippen molar-refractivity contribution in [3.63, 3.8) is 0 Å². The molecule has 166 valence electrons. The summed E-state index contributed by atoms with van der Waals surface area (Å²) < 4.78 is 5.96. The van der Waals surface area contributed by atoms with Crippen molar-refractivity contribution in [3.8, 4) is 5.75 Å². The largest absolute Gasteiger partial charge is 0.489 e. The van der Waals surface area contributed by atoms with Crippen molar-refractivity contribution in [1.29, 1.82) is 0 Å². The fourth-order valence-electron chi connectivity index (χ4n) is 3.86. The number of aryl methyl sites for hydroxylation is 1.